The van der Waals surface area contributed by atoms with Crippen LogP contribution in [0.5, 0.6) is 5.75 Å². The van der Waals surface area contributed by atoms with Crippen LogP contribution in [0.15, 0.2) is 51.9 Å². The maximum absolute atomic E-state index is 12.9. The molecule has 1 aromatic heterocycles. The Morgan fingerprint density at radius 2 is 1.92 bits per heavy atom. The van der Waals surface area contributed by atoms with Gasteiger partial charge in [-0.15, -0.1) is 0 Å². The van der Waals surface area contributed by atoms with Crippen LogP contribution in [0.25, 0.3) is 11.3 Å². The number of sulfonamides is 1. The van der Waals surface area contributed by atoms with Crippen molar-refractivity contribution in [3.63, 3.8) is 0 Å². The molecule has 0 fully saturated rings. The van der Waals surface area contributed by atoms with Crippen LogP contribution in [0, 0.1) is 13.8 Å². The first-order chi connectivity index (χ1) is 12.3. The van der Waals surface area contributed by atoms with Gasteiger partial charge in [-0.1, -0.05) is 22.8 Å². The maximum atomic E-state index is 12.9. The zero-order chi connectivity index (χ0) is 18.9. The number of aryl methyl sites for hydroxylation is 1. The summed E-state index contributed by atoms with van der Waals surface area (Å²) in [5.41, 5.74) is 2.55. The molecular formula is C18H17ClN2O4S. The van der Waals surface area contributed by atoms with Gasteiger partial charge in [0.15, 0.2) is 5.76 Å². The fourth-order valence-electron chi connectivity index (χ4n) is 2.47. The van der Waals surface area contributed by atoms with Crippen LogP contribution >= 0.6 is 11.6 Å². The SMILES string of the molecule is COc1ccc(-c2onc(C)c2C)cc1S(=O)(=O)Nc1cccc(Cl)c1. The van der Waals surface area contributed by atoms with Crippen molar-refractivity contribution in [2.75, 3.05) is 11.8 Å². The Balaban J connectivity index is 2.07. The molecule has 3 rings (SSSR count). The van der Waals surface area contributed by atoms with E-state index < -0.39 is 10.0 Å². The fourth-order valence-corrected chi connectivity index (χ4v) is 3.91. The second-order valence-electron chi connectivity index (χ2n) is 5.70. The number of benzene rings is 2. The van der Waals surface area contributed by atoms with Crippen LogP contribution in [-0.2, 0) is 10.0 Å². The van der Waals surface area contributed by atoms with Crippen molar-refractivity contribution in [1.82, 2.24) is 5.16 Å². The molecule has 0 aliphatic rings. The zero-order valence-corrected chi connectivity index (χ0v) is 16.0. The highest BCUT2D eigenvalue weighted by Crippen LogP contribution is 2.33. The smallest absolute Gasteiger partial charge is 0.265 e. The largest absolute Gasteiger partial charge is 0.495 e. The zero-order valence-electron chi connectivity index (χ0n) is 14.4. The third-order valence-corrected chi connectivity index (χ3v) is 5.59. The number of hydrogen-bond donors (Lipinski definition) is 1. The molecule has 6 nitrogen and oxygen atoms in total. The minimum atomic E-state index is -3.91. The highest BCUT2D eigenvalue weighted by Gasteiger charge is 2.22. The molecule has 0 bridgehead atoms. The molecule has 8 heteroatoms. The first-order valence-electron chi connectivity index (χ1n) is 7.71. The molecule has 0 spiro atoms. The van der Waals surface area contributed by atoms with Crippen molar-refractivity contribution in [1.29, 1.82) is 0 Å². The maximum Gasteiger partial charge on any atom is 0.265 e. The number of nitrogens with one attached hydrogen (secondary N) is 1. The predicted octanol–water partition coefficient (Wildman–Crippen LogP) is 4.42. The van der Waals surface area contributed by atoms with Gasteiger partial charge in [0.25, 0.3) is 10.0 Å². The van der Waals surface area contributed by atoms with E-state index in [4.69, 9.17) is 20.9 Å². The molecule has 0 saturated heterocycles. The van der Waals surface area contributed by atoms with E-state index in [0.29, 0.717) is 22.0 Å². The summed E-state index contributed by atoms with van der Waals surface area (Å²) >= 11 is 5.92. The summed E-state index contributed by atoms with van der Waals surface area (Å²) in [5.74, 6) is 0.738. The fraction of sp³-hybridized carbons (Fsp3) is 0.167. The quantitative estimate of drug-likeness (QED) is 0.695. The molecule has 0 saturated carbocycles. The van der Waals surface area contributed by atoms with Gasteiger partial charge in [-0.05, 0) is 50.2 Å². The van der Waals surface area contributed by atoms with E-state index in [1.54, 1.807) is 30.3 Å². The first-order valence-corrected chi connectivity index (χ1v) is 9.57. The molecule has 1 heterocycles. The van der Waals surface area contributed by atoms with Gasteiger partial charge < -0.3 is 9.26 Å². The lowest BCUT2D eigenvalue weighted by molar-refractivity contribution is 0.402. The number of aromatic nitrogens is 1. The Kier molecular flexibility index (Phi) is 4.93. The Morgan fingerprint density at radius 3 is 2.54 bits per heavy atom. The van der Waals surface area contributed by atoms with Gasteiger partial charge >= 0.3 is 0 Å². The molecule has 136 valence electrons. The average Bonchev–Trinajstić information content (AvgIpc) is 2.93. The molecule has 0 amide bonds. The highest BCUT2D eigenvalue weighted by molar-refractivity contribution is 7.92. The van der Waals surface area contributed by atoms with Crippen molar-refractivity contribution in [3.8, 4) is 17.1 Å². The number of nitrogens with zero attached hydrogens (tertiary/aromatic N) is 1. The van der Waals surface area contributed by atoms with Gasteiger partial charge in [-0.2, -0.15) is 0 Å². The lowest BCUT2D eigenvalue weighted by Crippen LogP contribution is -2.14. The molecule has 0 aliphatic heterocycles. The third-order valence-electron chi connectivity index (χ3n) is 3.95. The van der Waals surface area contributed by atoms with Crippen LogP contribution in [0.4, 0.5) is 5.69 Å². The summed E-state index contributed by atoms with van der Waals surface area (Å²) < 4.78 is 38.8. The highest BCUT2D eigenvalue weighted by atomic mass is 35.5. The number of methoxy groups -OCH3 is 1. The van der Waals surface area contributed by atoms with Crippen LogP contribution in [-0.4, -0.2) is 20.7 Å². The number of anilines is 1. The minimum absolute atomic E-state index is 0.00840. The standard InChI is InChI=1S/C18H17ClN2O4S/c1-11-12(2)20-25-18(11)13-7-8-16(24-3)17(9-13)26(22,23)21-15-6-4-5-14(19)10-15/h4-10,21H,1-3H3. The summed E-state index contributed by atoms with van der Waals surface area (Å²) in [6.07, 6.45) is 0. The van der Waals surface area contributed by atoms with Gasteiger partial charge in [0.2, 0.25) is 0 Å². The Labute approximate surface area is 156 Å². The minimum Gasteiger partial charge on any atom is -0.495 e. The van der Waals surface area contributed by atoms with Crippen LogP contribution in [0.2, 0.25) is 5.02 Å². The van der Waals surface area contributed by atoms with Crippen molar-refractivity contribution >= 4 is 27.3 Å². The Morgan fingerprint density at radius 1 is 1.15 bits per heavy atom. The number of halogens is 1. The lowest BCUT2D eigenvalue weighted by Gasteiger charge is -2.13. The van der Waals surface area contributed by atoms with E-state index in [-0.39, 0.29) is 10.6 Å². The predicted molar refractivity (Wildman–Crippen MR) is 100 cm³/mol. The van der Waals surface area contributed by atoms with Gasteiger partial charge in [0, 0.05) is 16.1 Å². The Bertz CT molecular complexity index is 1060. The molecule has 3 aromatic rings. The second kappa shape index (κ2) is 7.01. The van der Waals surface area contributed by atoms with Crippen LogP contribution in [0.1, 0.15) is 11.3 Å². The number of hydrogen-bond acceptors (Lipinski definition) is 5. The first kappa shape index (κ1) is 18.3. The molecule has 1 N–H and O–H groups in total. The molecule has 0 radical (unpaired) electrons. The topological polar surface area (TPSA) is 81.4 Å². The van der Waals surface area contributed by atoms with E-state index >= 15 is 0 Å². The molecule has 2 aromatic carbocycles. The number of ether oxygens (including phenoxy) is 1. The summed E-state index contributed by atoms with van der Waals surface area (Å²) in [6.45, 7) is 3.69. The normalized spacial score (nSPS) is 11.4. The molecule has 0 atom stereocenters. The molecule has 0 aliphatic carbocycles. The average molecular weight is 393 g/mol. The second-order valence-corrected chi connectivity index (χ2v) is 7.79. The summed E-state index contributed by atoms with van der Waals surface area (Å²) in [6, 6.07) is 11.3. The molecular weight excluding hydrogens is 376 g/mol. The monoisotopic (exact) mass is 392 g/mol. The van der Waals surface area contributed by atoms with Gasteiger partial charge in [-0.3, -0.25) is 4.72 Å². The van der Waals surface area contributed by atoms with E-state index in [1.807, 2.05) is 13.8 Å². The van der Waals surface area contributed by atoms with E-state index in [1.165, 1.54) is 19.2 Å². The van der Waals surface area contributed by atoms with E-state index in [0.717, 1.165) is 11.3 Å². The van der Waals surface area contributed by atoms with Crippen molar-refractivity contribution in [2.45, 2.75) is 18.7 Å². The number of rotatable bonds is 5. The van der Waals surface area contributed by atoms with Crippen LogP contribution in [0.3, 0.4) is 0 Å². The van der Waals surface area contributed by atoms with Crippen LogP contribution < -0.4 is 9.46 Å². The van der Waals surface area contributed by atoms with Gasteiger partial charge in [0.05, 0.1) is 18.5 Å². The van der Waals surface area contributed by atoms with E-state index in [9.17, 15) is 8.42 Å². The van der Waals surface area contributed by atoms with Crippen molar-refractivity contribution in [3.05, 3.63) is 58.7 Å². The third kappa shape index (κ3) is 3.54. The van der Waals surface area contributed by atoms with Crippen molar-refractivity contribution < 1.29 is 17.7 Å². The van der Waals surface area contributed by atoms with Crippen molar-refractivity contribution in [2.24, 2.45) is 0 Å². The molecule has 26 heavy (non-hydrogen) atoms. The van der Waals surface area contributed by atoms with Gasteiger partial charge in [0.1, 0.15) is 10.6 Å². The summed E-state index contributed by atoms with van der Waals surface area (Å²) in [4.78, 5) is -0.00840. The Hall–Kier alpha value is -2.51. The lowest BCUT2D eigenvalue weighted by atomic mass is 10.1. The van der Waals surface area contributed by atoms with Gasteiger partial charge in [-0.25, -0.2) is 8.42 Å². The molecule has 0 unspecified atom stereocenters. The summed E-state index contributed by atoms with van der Waals surface area (Å²) in [5, 5.41) is 4.35. The van der Waals surface area contributed by atoms with E-state index in [2.05, 4.69) is 9.88 Å². The summed E-state index contributed by atoms with van der Waals surface area (Å²) in [7, 11) is -2.49.